The predicted molar refractivity (Wildman–Crippen MR) is 116 cm³/mol. The Morgan fingerprint density at radius 2 is 1.57 bits per heavy atom. The summed E-state index contributed by atoms with van der Waals surface area (Å²) in [7, 11) is 0. The van der Waals surface area contributed by atoms with E-state index in [9.17, 15) is 14.4 Å². The molecule has 0 aliphatic carbocycles. The van der Waals surface area contributed by atoms with Crippen LogP contribution < -0.4 is 10.6 Å². The molecule has 0 spiro atoms. The maximum atomic E-state index is 12.5. The third-order valence-corrected chi connectivity index (χ3v) is 4.31. The molecule has 0 radical (unpaired) electrons. The van der Waals surface area contributed by atoms with Crippen LogP contribution in [0.1, 0.15) is 19.4 Å². The van der Waals surface area contributed by atoms with Crippen LogP contribution in [-0.4, -0.2) is 23.9 Å². The predicted octanol–water partition coefficient (Wildman–Crippen LogP) is 3.89. The van der Waals surface area contributed by atoms with E-state index in [0.29, 0.717) is 11.3 Å². The summed E-state index contributed by atoms with van der Waals surface area (Å²) in [5, 5.41) is 7.25. The second-order valence-corrected chi connectivity index (χ2v) is 6.75. The van der Waals surface area contributed by atoms with E-state index >= 15 is 0 Å². The molecule has 2 amide bonds. The molecule has 0 aliphatic heterocycles. The Labute approximate surface area is 174 Å². The number of ether oxygens (including phenoxy) is 1. The van der Waals surface area contributed by atoms with Crippen molar-refractivity contribution < 1.29 is 19.1 Å². The number of hydrogen-bond donors (Lipinski definition) is 2. The van der Waals surface area contributed by atoms with Crippen LogP contribution in [0.3, 0.4) is 0 Å². The second kappa shape index (κ2) is 9.52. The molecular formula is C24H22N2O4. The van der Waals surface area contributed by atoms with Crippen LogP contribution in [0.4, 0.5) is 5.69 Å². The zero-order valence-electron chi connectivity index (χ0n) is 16.7. The molecule has 3 aromatic carbocycles. The number of carbonyl (C=O) groups is 3. The van der Waals surface area contributed by atoms with Gasteiger partial charge in [-0.05, 0) is 41.5 Å². The van der Waals surface area contributed by atoms with Gasteiger partial charge in [0.15, 0.2) is 6.10 Å². The molecule has 0 heterocycles. The van der Waals surface area contributed by atoms with Gasteiger partial charge in [0, 0.05) is 12.6 Å². The molecule has 1 atom stereocenters. The molecule has 3 rings (SSSR count). The number of esters is 1. The lowest BCUT2D eigenvalue weighted by Gasteiger charge is -2.15. The normalized spacial score (nSPS) is 12.1. The molecule has 0 aliphatic rings. The van der Waals surface area contributed by atoms with Crippen molar-refractivity contribution in [3.63, 3.8) is 0 Å². The van der Waals surface area contributed by atoms with E-state index < -0.39 is 23.9 Å². The molecule has 0 fully saturated rings. The van der Waals surface area contributed by atoms with Gasteiger partial charge in [-0.1, -0.05) is 60.7 Å². The van der Waals surface area contributed by atoms with Crippen molar-refractivity contribution in [2.45, 2.75) is 20.0 Å². The van der Waals surface area contributed by atoms with Gasteiger partial charge in [0.25, 0.3) is 5.91 Å². The zero-order valence-corrected chi connectivity index (χ0v) is 16.7. The highest BCUT2D eigenvalue weighted by molar-refractivity contribution is 6.01. The van der Waals surface area contributed by atoms with Gasteiger partial charge < -0.3 is 15.4 Å². The first kappa shape index (κ1) is 20.8. The maximum Gasteiger partial charge on any atom is 0.355 e. The highest BCUT2D eigenvalue weighted by atomic mass is 16.5. The Morgan fingerprint density at radius 1 is 0.900 bits per heavy atom. The molecule has 152 valence electrons. The summed E-state index contributed by atoms with van der Waals surface area (Å²) in [4.78, 5) is 36.5. The number of fused-ring (bicyclic) bond motifs is 1. The monoisotopic (exact) mass is 402 g/mol. The van der Waals surface area contributed by atoms with Crippen molar-refractivity contribution in [3.05, 3.63) is 84.1 Å². The van der Waals surface area contributed by atoms with Gasteiger partial charge in [-0.15, -0.1) is 0 Å². The standard InChI is InChI=1S/C24H22N2O4/c1-16(23(28)26-21-13-12-19-10-6-7-11-20(19)15-21)30-24(29)22(25-17(2)27)14-18-8-4-3-5-9-18/h3-16H,1-2H3,(H,25,27)(H,26,28)/b22-14+/t16-/m1/s1. The molecule has 6 heteroatoms. The first-order chi connectivity index (χ1) is 14.4. The number of nitrogens with one attached hydrogen (secondary N) is 2. The molecule has 0 aromatic heterocycles. The summed E-state index contributed by atoms with van der Waals surface area (Å²) in [5.74, 6) is -1.68. The average molecular weight is 402 g/mol. The topological polar surface area (TPSA) is 84.5 Å². The summed E-state index contributed by atoms with van der Waals surface area (Å²) < 4.78 is 5.27. The quantitative estimate of drug-likeness (QED) is 0.484. The van der Waals surface area contributed by atoms with E-state index in [4.69, 9.17) is 4.74 Å². The second-order valence-electron chi connectivity index (χ2n) is 6.75. The molecule has 0 saturated carbocycles. The van der Waals surface area contributed by atoms with Gasteiger partial charge >= 0.3 is 5.97 Å². The lowest BCUT2D eigenvalue weighted by Crippen LogP contribution is -2.33. The van der Waals surface area contributed by atoms with Gasteiger partial charge in [0.1, 0.15) is 5.70 Å². The van der Waals surface area contributed by atoms with E-state index in [0.717, 1.165) is 10.8 Å². The summed E-state index contributed by atoms with van der Waals surface area (Å²) in [6, 6.07) is 22.3. The van der Waals surface area contributed by atoms with Crippen molar-refractivity contribution in [2.24, 2.45) is 0 Å². The molecule has 0 saturated heterocycles. The van der Waals surface area contributed by atoms with E-state index in [1.807, 2.05) is 54.6 Å². The highest BCUT2D eigenvalue weighted by Crippen LogP contribution is 2.19. The fourth-order valence-corrected chi connectivity index (χ4v) is 2.84. The van der Waals surface area contributed by atoms with Crippen molar-refractivity contribution in [1.29, 1.82) is 0 Å². The van der Waals surface area contributed by atoms with Crippen LogP contribution in [-0.2, 0) is 19.1 Å². The highest BCUT2D eigenvalue weighted by Gasteiger charge is 2.21. The van der Waals surface area contributed by atoms with Gasteiger partial charge in [-0.25, -0.2) is 4.79 Å². The van der Waals surface area contributed by atoms with Crippen LogP contribution in [0.5, 0.6) is 0 Å². The molecule has 2 N–H and O–H groups in total. The number of hydrogen-bond acceptors (Lipinski definition) is 4. The largest absolute Gasteiger partial charge is 0.448 e. The minimum absolute atomic E-state index is 0.0425. The molecule has 0 bridgehead atoms. The Morgan fingerprint density at radius 3 is 2.27 bits per heavy atom. The fourth-order valence-electron chi connectivity index (χ4n) is 2.84. The smallest absolute Gasteiger partial charge is 0.355 e. The lowest BCUT2D eigenvalue weighted by atomic mass is 10.1. The van der Waals surface area contributed by atoms with Crippen LogP contribution in [0.15, 0.2) is 78.5 Å². The van der Waals surface area contributed by atoms with Gasteiger partial charge in [-0.2, -0.15) is 0 Å². The first-order valence-electron chi connectivity index (χ1n) is 9.47. The third kappa shape index (κ3) is 5.54. The summed E-state index contributed by atoms with van der Waals surface area (Å²) in [5.41, 5.74) is 1.27. The van der Waals surface area contributed by atoms with E-state index in [2.05, 4.69) is 10.6 Å². The molecule has 3 aromatic rings. The van der Waals surface area contributed by atoms with Crippen LogP contribution in [0.25, 0.3) is 16.8 Å². The number of anilines is 1. The molecular weight excluding hydrogens is 380 g/mol. The Bertz CT molecular complexity index is 1110. The number of amides is 2. The van der Waals surface area contributed by atoms with Crippen molar-refractivity contribution in [3.8, 4) is 0 Å². The molecule has 30 heavy (non-hydrogen) atoms. The maximum absolute atomic E-state index is 12.5. The van der Waals surface area contributed by atoms with Crippen molar-refractivity contribution in [2.75, 3.05) is 5.32 Å². The summed E-state index contributed by atoms with van der Waals surface area (Å²) in [6.45, 7) is 2.77. The Kier molecular flexibility index (Phi) is 6.60. The van der Waals surface area contributed by atoms with Gasteiger partial charge in [0.2, 0.25) is 5.91 Å². The number of carbonyl (C=O) groups excluding carboxylic acids is 3. The minimum Gasteiger partial charge on any atom is -0.448 e. The van der Waals surface area contributed by atoms with Crippen LogP contribution >= 0.6 is 0 Å². The minimum atomic E-state index is -1.06. The number of rotatable bonds is 6. The Balaban J connectivity index is 1.69. The van der Waals surface area contributed by atoms with Crippen LogP contribution in [0, 0.1) is 0 Å². The van der Waals surface area contributed by atoms with Crippen molar-refractivity contribution in [1.82, 2.24) is 5.32 Å². The number of benzene rings is 3. The molecule has 0 unspecified atom stereocenters. The van der Waals surface area contributed by atoms with Crippen molar-refractivity contribution >= 4 is 40.3 Å². The first-order valence-corrected chi connectivity index (χ1v) is 9.47. The molecule has 6 nitrogen and oxygen atoms in total. The zero-order chi connectivity index (χ0) is 21.5. The van der Waals surface area contributed by atoms with Gasteiger partial charge in [0.05, 0.1) is 0 Å². The van der Waals surface area contributed by atoms with E-state index in [1.165, 1.54) is 19.9 Å². The summed E-state index contributed by atoms with van der Waals surface area (Å²) in [6.07, 6.45) is 0.439. The summed E-state index contributed by atoms with van der Waals surface area (Å²) >= 11 is 0. The fraction of sp³-hybridized carbons (Fsp3) is 0.125. The SMILES string of the molecule is CC(=O)N/C(=C/c1ccccc1)C(=O)O[C@H](C)C(=O)Nc1ccc2ccccc2c1. The third-order valence-electron chi connectivity index (χ3n) is 4.31. The van der Waals surface area contributed by atoms with E-state index in [1.54, 1.807) is 18.2 Å². The van der Waals surface area contributed by atoms with Crippen LogP contribution in [0.2, 0.25) is 0 Å². The average Bonchev–Trinajstić information content (AvgIpc) is 2.73. The van der Waals surface area contributed by atoms with E-state index in [-0.39, 0.29) is 5.70 Å². The Hall–Kier alpha value is -3.93. The lowest BCUT2D eigenvalue weighted by molar-refractivity contribution is -0.149. The van der Waals surface area contributed by atoms with Gasteiger partial charge in [-0.3, -0.25) is 9.59 Å².